The molecule has 0 saturated carbocycles. The van der Waals surface area contributed by atoms with E-state index in [2.05, 4.69) is 18.0 Å². The average molecular weight is 220 g/mol. The third kappa shape index (κ3) is 4.03. The number of nitrogens with two attached hydrogens (primary N) is 1. The Kier molecular flexibility index (Phi) is 5.57. The third-order valence-electron chi connectivity index (χ3n) is 2.34. The summed E-state index contributed by atoms with van der Waals surface area (Å²) in [5, 5.41) is 0. The first-order chi connectivity index (χ1) is 7.77. The number of para-hydroxylation sites is 1. The van der Waals surface area contributed by atoms with Gasteiger partial charge in [0.05, 0.1) is 18.1 Å². The Balaban J connectivity index is 2.81. The van der Waals surface area contributed by atoms with Gasteiger partial charge in [-0.25, -0.2) is 4.99 Å². The zero-order chi connectivity index (χ0) is 11.8. The van der Waals surface area contributed by atoms with Crippen LogP contribution >= 0.6 is 0 Å². The second kappa shape index (κ2) is 7.01. The second-order valence-corrected chi connectivity index (χ2v) is 3.72. The molecule has 0 amide bonds. The number of nitrogens with zero attached hydrogens (tertiary/aromatic N) is 1. The molecule has 3 heteroatoms. The number of aliphatic imine (C=N–C) groups is 1. The van der Waals surface area contributed by atoms with Gasteiger partial charge in [0.15, 0.2) is 0 Å². The van der Waals surface area contributed by atoms with Crippen molar-refractivity contribution in [2.45, 2.75) is 26.2 Å². The van der Waals surface area contributed by atoms with E-state index in [1.807, 2.05) is 18.2 Å². The topological polar surface area (TPSA) is 47.6 Å². The van der Waals surface area contributed by atoms with Gasteiger partial charge in [0.25, 0.3) is 0 Å². The second-order valence-electron chi connectivity index (χ2n) is 3.72. The third-order valence-corrected chi connectivity index (χ3v) is 2.34. The van der Waals surface area contributed by atoms with Crippen LogP contribution in [0.3, 0.4) is 0 Å². The van der Waals surface area contributed by atoms with E-state index >= 15 is 0 Å². The van der Waals surface area contributed by atoms with Crippen LogP contribution in [0.4, 0.5) is 5.69 Å². The van der Waals surface area contributed by atoms with Crippen LogP contribution in [-0.2, 0) is 11.2 Å². The van der Waals surface area contributed by atoms with Crippen molar-refractivity contribution in [3.8, 4) is 0 Å². The number of rotatable bonds is 6. The largest absolute Gasteiger partial charge is 0.387 e. The van der Waals surface area contributed by atoms with Gasteiger partial charge in [-0.15, -0.1) is 0 Å². The lowest BCUT2D eigenvalue weighted by Crippen LogP contribution is -2.10. The lowest BCUT2D eigenvalue weighted by molar-refractivity contribution is 0.202. The maximum absolute atomic E-state index is 5.83. The number of ether oxygens (including phenoxy) is 1. The van der Waals surface area contributed by atoms with Crippen LogP contribution < -0.4 is 5.73 Å². The van der Waals surface area contributed by atoms with E-state index in [0.29, 0.717) is 12.4 Å². The lowest BCUT2D eigenvalue weighted by Gasteiger charge is -2.06. The molecule has 0 saturated heterocycles. The van der Waals surface area contributed by atoms with E-state index in [-0.39, 0.29) is 0 Å². The van der Waals surface area contributed by atoms with Gasteiger partial charge in [-0.3, -0.25) is 0 Å². The molecule has 0 unspecified atom stereocenters. The van der Waals surface area contributed by atoms with Crippen molar-refractivity contribution in [1.29, 1.82) is 0 Å². The summed E-state index contributed by atoms with van der Waals surface area (Å²) in [6.45, 7) is 2.80. The minimum Gasteiger partial charge on any atom is -0.387 e. The van der Waals surface area contributed by atoms with E-state index in [1.165, 1.54) is 5.56 Å². The van der Waals surface area contributed by atoms with Crippen LogP contribution in [-0.4, -0.2) is 19.6 Å². The van der Waals surface area contributed by atoms with Crippen LogP contribution in [0, 0.1) is 0 Å². The fraction of sp³-hybridized carbons (Fsp3) is 0.462. The number of benzene rings is 1. The summed E-state index contributed by atoms with van der Waals surface area (Å²) < 4.78 is 5.07. The highest BCUT2D eigenvalue weighted by Crippen LogP contribution is 2.19. The molecular formula is C13H20N2O. The normalized spacial score (nSPS) is 11.8. The Hall–Kier alpha value is -1.35. The first-order valence-electron chi connectivity index (χ1n) is 5.67. The quantitative estimate of drug-likeness (QED) is 0.592. The van der Waals surface area contributed by atoms with Crippen molar-refractivity contribution < 1.29 is 4.74 Å². The van der Waals surface area contributed by atoms with Crippen LogP contribution in [0.5, 0.6) is 0 Å². The van der Waals surface area contributed by atoms with Crippen LogP contribution in [0.25, 0.3) is 0 Å². The molecule has 0 aliphatic heterocycles. The van der Waals surface area contributed by atoms with E-state index < -0.39 is 0 Å². The first kappa shape index (κ1) is 12.7. The van der Waals surface area contributed by atoms with Gasteiger partial charge in [-0.1, -0.05) is 25.1 Å². The fourth-order valence-corrected chi connectivity index (χ4v) is 1.51. The predicted octanol–water partition coefficient (Wildman–Crippen LogP) is 2.66. The van der Waals surface area contributed by atoms with Gasteiger partial charge in [-0.2, -0.15) is 0 Å². The van der Waals surface area contributed by atoms with E-state index in [0.717, 1.165) is 24.9 Å². The summed E-state index contributed by atoms with van der Waals surface area (Å²) in [6.07, 6.45) is 2.74. The monoisotopic (exact) mass is 220 g/mol. The van der Waals surface area contributed by atoms with Gasteiger partial charge >= 0.3 is 0 Å². The SMILES string of the molecule is CCCC(N)=Nc1ccccc1CCOC. The number of hydrogen-bond donors (Lipinski definition) is 1. The highest BCUT2D eigenvalue weighted by Gasteiger charge is 2.00. The summed E-state index contributed by atoms with van der Waals surface area (Å²) in [7, 11) is 1.71. The van der Waals surface area contributed by atoms with E-state index in [9.17, 15) is 0 Å². The summed E-state index contributed by atoms with van der Waals surface area (Å²) in [5.41, 5.74) is 7.98. The molecular weight excluding hydrogens is 200 g/mol. The summed E-state index contributed by atoms with van der Waals surface area (Å²) in [6, 6.07) is 8.05. The molecule has 1 aromatic carbocycles. The maximum Gasteiger partial charge on any atom is 0.0996 e. The van der Waals surface area contributed by atoms with Gasteiger partial charge in [0, 0.05) is 13.5 Å². The Bertz CT molecular complexity index is 348. The van der Waals surface area contributed by atoms with Gasteiger partial charge in [0.2, 0.25) is 0 Å². The zero-order valence-corrected chi connectivity index (χ0v) is 10.1. The van der Waals surface area contributed by atoms with Gasteiger partial charge < -0.3 is 10.5 Å². The number of methoxy groups -OCH3 is 1. The molecule has 0 aromatic heterocycles. The molecule has 0 radical (unpaired) electrons. The molecule has 1 rings (SSSR count). The predicted molar refractivity (Wildman–Crippen MR) is 68.2 cm³/mol. The minimum atomic E-state index is 0.701. The molecule has 0 fully saturated rings. The molecule has 0 heterocycles. The highest BCUT2D eigenvalue weighted by atomic mass is 16.5. The number of hydrogen-bond acceptors (Lipinski definition) is 2. The molecule has 0 spiro atoms. The standard InChI is InChI=1S/C13H20N2O/c1-3-6-13(14)15-12-8-5-4-7-11(12)9-10-16-2/h4-5,7-8H,3,6,9-10H2,1-2H3,(H2,14,15). The molecule has 16 heavy (non-hydrogen) atoms. The molecule has 0 atom stereocenters. The lowest BCUT2D eigenvalue weighted by atomic mass is 10.1. The van der Waals surface area contributed by atoms with Crippen LogP contribution in [0.15, 0.2) is 29.3 Å². The zero-order valence-electron chi connectivity index (χ0n) is 10.1. The summed E-state index contributed by atoms with van der Waals surface area (Å²) >= 11 is 0. The Morgan fingerprint density at radius 2 is 2.12 bits per heavy atom. The molecule has 88 valence electrons. The Morgan fingerprint density at radius 1 is 1.38 bits per heavy atom. The van der Waals surface area contributed by atoms with Gasteiger partial charge in [0.1, 0.15) is 0 Å². The molecule has 3 nitrogen and oxygen atoms in total. The van der Waals surface area contributed by atoms with Crippen molar-refractivity contribution in [3.05, 3.63) is 29.8 Å². The van der Waals surface area contributed by atoms with Crippen molar-refractivity contribution in [2.75, 3.05) is 13.7 Å². The Morgan fingerprint density at radius 3 is 2.81 bits per heavy atom. The van der Waals surface area contributed by atoms with E-state index in [4.69, 9.17) is 10.5 Å². The molecule has 0 aliphatic carbocycles. The Labute approximate surface area is 97.3 Å². The minimum absolute atomic E-state index is 0.701. The van der Waals surface area contributed by atoms with Crippen molar-refractivity contribution in [3.63, 3.8) is 0 Å². The van der Waals surface area contributed by atoms with Crippen molar-refractivity contribution in [1.82, 2.24) is 0 Å². The summed E-state index contributed by atoms with van der Waals surface area (Å²) in [4.78, 5) is 4.44. The molecule has 0 bridgehead atoms. The van der Waals surface area contributed by atoms with Crippen LogP contribution in [0.1, 0.15) is 25.3 Å². The number of amidine groups is 1. The average Bonchev–Trinajstić information content (AvgIpc) is 2.28. The molecule has 1 aromatic rings. The highest BCUT2D eigenvalue weighted by molar-refractivity contribution is 5.83. The van der Waals surface area contributed by atoms with Gasteiger partial charge in [-0.05, 0) is 24.5 Å². The van der Waals surface area contributed by atoms with Crippen molar-refractivity contribution >= 4 is 11.5 Å². The summed E-state index contributed by atoms with van der Waals surface area (Å²) in [5.74, 6) is 0.701. The smallest absolute Gasteiger partial charge is 0.0996 e. The fourth-order valence-electron chi connectivity index (χ4n) is 1.51. The maximum atomic E-state index is 5.83. The van der Waals surface area contributed by atoms with E-state index in [1.54, 1.807) is 7.11 Å². The molecule has 2 N–H and O–H groups in total. The first-order valence-corrected chi connectivity index (χ1v) is 5.67. The molecule has 0 aliphatic rings. The van der Waals surface area contributed by atoms with Crippen molar-refractivity contribution in [2.24, 2.45) is 10.7 Å². The van der Waals surface area contributed by atoms with Crippen LogP contribution in [0.2, 0.25) is 0 Å².